The second-order valence-corrected chi connectivity index (χ2v) is 6.69. The Morgan fingerprint density at radius 2 is 1.80 bits per heavy atom. The van der Waals surface area contributed by atoms with E-state index in [1.165, 1.54) is 16.7 Å². The van der Waals surface area contributed by atoms with Crippen LogP contribution in [0.1, 0.15) is 22.6 Å². The molecule has 0 bridgehead atoms. The maximum Gasteiger partial charge on any atom is 0.231 e. The summed E-state index contributed by atoms with van der Waals surface area (Å²) >= 11 is 0. The topological polar surface area (TPSA) is 40.2 Å². The molecule has 5 nitrogen and oxygen atoms in total. The fourth-order valence-corrected chi connectivity index (χ4v) is 3.81. The van der Waals surface area contributed by atoms with Crippen LogP contribution in [0.4, 0.5) is 0 Å². The van der Waals surface area contributed by atoms with E-state index in [2.05, 4.69) is 36.2 Å². The molecule has 0 fully saturated rings. The Hall–Kier alpha value is -2.40. The van der Waals surface area contributed by atoms with Gasteiger partial charge in [-0.1, -0.05) is 6.07 Å². The number of benzene rings is 2. The maximum atomic E-state index is 5.58. The van der Waals surface area contributed by atoms with Crippen LogP contribution in [0.25, 0.3) is 0 Å². The second-order valence-electron chi connectivity index (χ2n) is 6.69. The molecule has 2 aliphatic rings. The second kappa shape index (κ2) is 6.48. The summed E-state index contributed by atoms with van der Waals surface area (Å²) in [7, 11) is 5.49. The molecule has 0 aromatic heterocycles. The van der Waals surface area contributed by atoms with Gasteiger partial charge in [0.2, 0.25) is 6.79 Å². The van der Waals surface area contributed by atoms with Crippen LogP contribution < -0.4 is 18.9 Å². The monoisotopic (exact) mass is 341 g/mol. The number of rotatable bonds is 4. The van der Waals surface area contributed by atoms with Crippen molar-refractivity contribution in [1.82, 2.24) is 4.90 Å². The summed E-state index contributed by atoms with van der Waals surface area (Å²) in [6.07, 6.45) is 0.942. The van der Waals surface area contributed by atoms with Gasteiger partial charge in [0.1, 0.15) is 0 Å². The van der Waals surface area contributed by atoms with Crippen molar-refractivity contribution < 1.29 is 18.9 Å². The van der Waals surface area contributed by atoms with Crippen LogP contribution in [0.2, 0.25) is 0 Å². The van der Waals surface area contributed by atoms with E-state index in [0.29, 0.717) is 12.7 Å². The predicted octanol–water partition coefficient (Wildman–Crippen LogP) is 3.20. The van der Waals surface area contributed by atoms with Gasteiger partial charge in [-0.05, 0) is 54.4 Å². The summed E-state index contributed by atoms with van der Waals surface area (Å²) in [5.74, 6) is 3.66. The fourth-order valence-electron chi connectivity index (χ4n) is 3.81. The van der Waals surface area contributed by atoms with Gasteiger partial charge in [-0.3, -0.25) is 0 Å². The quantitative estimate of drug-likeness (QED) is 0.854. The molecule has 0 saturated heterocycles. The molecule has 0 spiro atoms. The molecule has 132 valence electrons. The van der Waals surface area contributed by atoms with E-state index < -0.39 is 0 Å². The van der Waals surface area contributed by atoms with Gasteiger partial charge >= 0.3 is 0 Å². The van der Waals surface area contributed by atoms with Crippen molar-refractivity contribution in [2.45, 2.75) is 18.9 Å². The standard InChI is InChI=1S/C20H23NO4/c1-21-10-14(6-13-4-5-17(22-2)18(7-13)23-3)16-9-20-19(24-12-25-20)8-15(16)11-21/h4-5,7-9,14H,6,10-12H2,1-3H3. The minimum Gasteiger partial charge on any atom is -0.493 e. The van der Waals surface area contributed by atoms with Crippen molar-refractivity contribution in [3.8, 4) is 23.0 Å². The van der Waals surface area contributed by atoms with E-state index >= 15 is 0 Å². The van der Waals surface area contributed by atoms with E-state index in [0.717, 1.165) is 42.5 Å². The van der Waals surface area contributed by atoms with Crippen LogP contribution >= 0.6 is 0 Å². The number of ether oxygens (including phenoxy) is 4. The molecule has 1 unspecified atom stereocenters. The summed E-state index contributed by atoms with van der Waals surface area (Å²) in [5.41, 5.74) is 3.92. The molecule has 4 rings (SSSR count). The van der Waals surface area contributed by atoms with Gasteiger partial charge in [-0.25, -0.2) is 0 Å². The van der Waals surface area contributed by atoms with Crippen molar-refractivity contribution in [2.24, 2.45) is 0 Å². The first kappa shape index (κ1) is 16.1. The smallest absolute Gasteiger partial charge is 0.231 e. The van der Waals surface area contributed by atoms with E-state index in [1.807, 2.05) is 6.07 Å². The predicted molar refractivity (Wildman–Crippen MR) is 94.9 cm³/mol. The molecule has 0 saturated carbocycles. The van der Waals surface area contributed by atoms with Gasteiger partial charge in [0, 0.05) is 19.0 Å². The molecule has 0 aliphatic carbocycles. The first-order valence-electron chi connectivity index (χ1n) is 8.50. The summed E-state index contributed by atoms with van der Waals surface area (Å²) in [5, 5.41) is 0. The summed E-state index contributed by atoms with van der Waals surface area (Å²) in [6.45, 7) is 2.27. The van der Waals surface area contributed by atoms with Crippen LogP contribution in [0.5, 0.6) is 23.0 Å². The lowest BCUT2D eigenvalue weighted by Crippen LogP contribution is -2.31. The van der Waals surface area contributed by atoms with E-state index in [-0.39, 0.29) is 0 Å². The van der Waals surface area contributed by atoms with Gasteiger partial charge in [0.25, 0.3) is 0 Å². The molecular weight excluding hydrogens is 318 g/mol. The van der Waals surface area contributed by atoms with Gasteiger partial charge in [0.05, 0.1) is 14.2 Å². The zero-order chi connectivity index (χ0) is 17.4. The maximum absolute atomic E-state index is 5.58. The molecule has 0 amide bonds. The minimum atomic E-state index is 0.314. The zero-order valence-electron chi connectivity index (χ0n) is 14.9. The Morgan fingerprint density at radius 1 is 1.04 bits per heavy atom. The molecule has 25 heavy (non-hydrogen) atoms. The highest BCUT2D eigenvalue weighted by Crippen LogP contribution is 2.41. The van der Waals surface area contributed by atoms with Crippen LogP contribution in [0, 0.1) is 0 Å². The highest BCUT2D eigenvalue weighted by molar-refractivity contribution is 5.51. The number of likely N-dealkylation sites (N-methyl/N-ethyl adjacent to an activating group) is 1. The summed E-state index contributed by atoms with van der Waals surface area (Å²) in [6, 6.07) is 10.5. The summed E-state index contributed by atoms with van der Waals surface area (Å²) in [4.78, 5) is 2.36. The average Bonchev–Trinajstić information content (AvgIpc) is 3.07. The molecule has 0 radical (unpaired) electrons. The van der Waals surface area contributed by atoms with Crippen LogP contribution in [0.15, 0.2) is 30.3 Å². The fraction of sp³-hybridized carbons (Fsp3) is 0.400. The summed E-state index contributed by atoms with van der Waals surface area (Å²) < 4.78 is 21.9. The van der Waals surface area contributed by atoms with Crippen molar-refractivity contribution in [1.29, 1.82) is 0 Å². The number of methoxy groups -OCH3 is 2. The highest BCUT2D eigenvalue weighted by atomic mass is 16.7. The number of nitrogens with zero attached hydrogens (tertiary/aromatic N) is 1. The van der Waals surface area contributed by atoms with Gasteiger partial charge in [0.15, 0.2) is 23.0 Å². The first-order valence-corrected chi connectivity index (χ1v) is 8.50. The molecule has 0 N–H and O–H groups in total. The van der Waals surface area contributed by atoms with Gasteiger partial charge < -0.3 is 23.8 Å². The number of hydrogen-bond acceptors (Lipinski definition) is 5. The van der Waals surface area contributed by atoms with Crippen molar-refractivity contribution in [3.05, 3.63) is 47.0 Å². The van der Waals surface area contributed by atoms with E-state index in [4.69, 9.17) is 18.9 Å². The van der Waals surface area contributed by atoms with Crippen LogP contribution in [-0.2, 0) is 13.0 Å². The van der Waals surface area contributed by atoms with Crippen molar-refractivity contribution in [3.63, 3.8) is 0 Å². The third kappa shape index (κ3) is 3.00. The first-order chi connectivity index (χ1) is 12.2. The third-order valence-corrected chi connectivity index (χ3v) is 4.98. The lowest BCUT2D eigenvalue weighted by molar-refractivity contribution is 0.174. The highest BCUT2D eigenvalue weighted by Gasteiger charge is 2.27. The lowest BCUT2D eigenvalue weighted by Gasteiger charge is -2.32. The average molecular weight is 341 g/mol. The number of fused-ring (bicyclic) bond motifs is 2. The molecule has 2 aliphatic heterocycles. The molecule has 5 heteroatoms. The SMILES string of the molecule is COc1ccc(CC2CN(C)Cc3cc4c(cc32)OCO4)cc1OC. The van der Waals surface area contributed by atoms with E-state index in [9.17, 15) is 0 Å². The number of hydrogen-bond donors (Lipinski definition) is 0. The molecule has 2 aromatic rings. The van der Waals surface area contributed by atoms with Gasteiger partial charge in [-0.15, -0.1) is 0 Å². The van der Waals surface area contributed by atoms with Gasteiger partial charge in [-0.2, -0.15) is 0 Å². The van der Waals surface area contributed by atoms with E-state index in [1.54, 1.807) is 14.2 Å². The third-order valence-electron chi connectivity index (χ3n) is 4.98. The Labute approximate surface area is 148 Å². The molecular formula is C20H23NO4. The molecule has 2 heterocycles. The van der Waals surface area contributed by atoms with Crippen molar-refractivity contribution in [2.75, 3.05) is 34.6 Å². The normalized spacial score (nSPS) is 18.8. The Kier molecular flexibility index (Phi) is 4.17. The largest absolute Gasteiger partial charge is 0.493 e. The Balaban J connectivity index is 1.65. The van der Waals surface area contributed by atoms with Crippen LogP contribution in [-0.4, -0.2) is 39.5 Å². The molecule has 2 aromatic carbocycles. The zero-order valence-corrected chi connectivity index (χ0v) is 14.9. The molecule has 1 atom stereocenters. The lowest BCUT2D eigenvalue weighted by atomic mass is 9.85. The Morgan fingerprint density at radius 3 is 2.56 bits per heavy atom. The Bertz CT molecular complexity index is 790. The van der Waals surface area contributed by atoms with Crippen LogP contribution in [0.3, 0.4) is 0 Å². The van der Waals surface area contributed by atoms with Crippen molar-refractivity contribution >= 4 is 0 Å². The minimum absolute atomic E-state index is 0.314.